The molecule has 2 rings (SSSR count). The minimum atomic E-state index is -0.881. The second-order valence-electron chi connectivity index (χ2n) is 3.75. The summed E-state index contributed by atoms with van der Waals surface area (Å²) in [7, 11) is 0. The quantitative estimate of drug-likeness (QED) is 0.811. The zero-order valence-electron chi connectivity index (χ0n) is 8.40. The molecule has 15 heavy (non-hydrogen) atoms. The highest BCUT2D eigenvalue weighted by Gasteiger charge is 2.25. The molecule has 0 aromatic carbocycles. The number of pyridine rings is 1. The molecule has 0 aliphatic carbocycles. The van der Waals surface area contributed by atoms with Crippen LogP contribution in [0, 0.1) is 5.82 Å². The lowest BCUT2D eigenvalue weighted by atomic mass is 9.99. The van der Waals surface area contributed by atoms with E-state index in [0.717, 1.165) is 25.5 Å². The number of rotatable bonds is 2. The summed E-state index contributed by atoms with van der Waals surface area (Å²) in [5.74, 6) is -0.473. The zero-order chi connectivity index (χ0) is 10.7. The van der Waals surface area contributed by atoms with Crippen molar-refractivity contribution in [1.82, 2.24) is 4.98 Å². The van der Waals surface area contributed by atoms with Crippen LogP contribution in [0.2, 0.25) is 0 Å². The van der Waals surface area contributed by atoms with Gasteiger partial charge in [-0.15, -0.1) is 0 Å². The van der Waals surface area contributed by atoms with Gasteiger partial charge in [-0.05, 0) is 25.3 Å². The van der Waals surface area contributed by atoms with Crippen LogP contribution in [0.3, 0.4) is 0 Å². The number of aromatic nitrogens is 1. The third kappa shape index (κ3) is 2.33. The van der Waals surface area contributed by atoms with Gasteiger partial charge in [0.2, 0.25) is 0 Å². The first-order chi connectivity index (χ1) is 7.29. The van der Waals surface area contributed by atoms with Gasteiger partial charge >= 0.3 is 0 Å². The van der Waals surface area contributed by atoms with Crippen LogP contribution in [0.1, 0.15) is 30.9 Å². The second kappa shape index (κ2) is 4.68. The van der Waals surface area contributed by atoms with Crippen molar-refractivity contribution in [3.63, 3.8) is 0 Å². The molecule has 0 spiro atoms. The molecular weight excluding hydrogens is 197 g/mol. The lowest BCUT2D eigenvalue weighted by molar-refractivity contribution is -0.0644. The summed E-state index contributed by atoms with van der Waals surface area (Å²) in [6.45, 7) is 0.647. The summed E-state index contributed by atoms with van der Waals surface area (Å²) in [5.41, 5.74) is 0.275. The van der Waals surface area contributed by atoms with Gasteiger partial charge in [0.15, 0.2) is 0 Å². The van der Waals surface area contributed by atoms with Crippen LogP contribution in [0.25, 0.3) is 0 Å². The van der Waals surface area contributed by atoms with Crippen LogP contribution in [0.5, 0.6) is 0 Å². The molecule has 2 unspecified atom stereocenters. The zero-order valence-corrected chi connectivity index (χ0v) is 8.40. The first-order valence-corrected chi connectivity index (χ1v) is 5.18. The van der Waals surface area contributed by atoms with E-state index < -0.39 is 11.9 Å². The van der Waals surface area contributed by atoms with Gasteiger partial charge < -0.3 is 9.84 Å². The Morgan fingerprint density at radius 2 is 2.40 bits per heavy atom. The summed E-state index contributed by atoms with van der Waals surface area (Å²) in [4.78, 5) is 3.65. The summed E-state index contributed by atoms with van der Waals surface area (Å²) in [6, 6.07) is 1.50. The first kappa shape index (κ1) is 10.5. The predicted molar refractivity (Wildman–Crippen MR) is 52.7 cm³/mol. The fourth-order valence-electron chi connectivity index (χ4n) is 1.84. The molecule has 2 heterocycles. The maximum atomic E-state index is 13.3. The van der Waals surface area contributed by atoms with Crippen molar-refractivity contribution in [2.24, 2.45) is 0 Å². The molecular formula is C11H14FNO2. The Morgan fingerprint density at radius 3 is 3.07 bits per heavy atom. The number of hydrogen-bond acceptors (Lipinski definition) is 3. The molecule has 0 amide bonds. The van der Waals surface area contributed by atoms with E-state index in [1.165, 1.54) is 12.3 Å². The van der Waals surface area contributed by atoms with Crippen LogP contribution < -0.4 is 0 Å². The number of aliphatic hydroxyl groups is 1. The van der Waals surface area contributed by atoms with Crippen LogP contribution in [-0.2, 0) is 4.74 Å². The van der Waals surface area contributed by atoms with Crippen LogP contribution in [0.15, 0.2) is 18.5 Å². The highest BCUT2D eigenvalue weighted by atomic mass is 19.1. The Balaban J connectivity index is 2.12. The monoisotopic (exact) mass is 211 g/mol. The average molecular weight is 211 g/mol. The molecule has 1 aliphatic rings. The molecule has 82 valence electrons. The molecule has 1 fully saturated rings. The molecule has 3 nitrogen and oxygen atoms in total. The molecule has 4 heteroatoms. The van der Waals surface area contributed by atoms with E-state index in [0.29, 0.717) is 6.61 Å². The van der Waals surface area contributed by atoms with Crippen molar-refractivity contribution in [3.05, 3.63) is 29.8 Å². The highest BCUT2D eigenvalue weighted by molar-refractivity contribution is 5.16. The van der Waals surface area contributed by atoms with Crippen LogP contribution in [0.4, 0.5) is 4.39 Å². The fraction of sp³-hybridized carbons (Fsp3) is 0.545. The topological polar surface area (TPSA) is 42.4 Å². The number of hydrogen-bond donors (Lipinski definition) is 1. The standard InChI is InChI=1S/C11H14FNO2/c12-9-7-13-5-4-8(9)11(14)10-3-1-2-6-15-10/h4-5,7,10-11,14H,1-3,6H2. The van der Waals surface area contributed by atoms with Gasteiger partial charge in [0.25, 0.3) is 0 Å². The smallest absolute Gasteiger partial charge is 0.147 e. The van der Waals surface area contributed by atoms with Crippen LogP contribution >= 0.6 is 0 Å². The Bertz CT molecular complexity index is 326. The van der Waals surface area contributed by atoms with Gasteiger partial charge in [-0.3, -0.25) is 4.98 Å². The summed E-state index contributed by atoms with van der Waals surface area (Å²) >= 11 is 0. The summed E-state index contributed by atoms with van der Waals surface area (Å²) in [6.07, 6.45) is 4.24. The largest absolute Gasteiger partial charge is 0.386 e. The van der Waals surface area contributed by atoms with E-state index in [1.807, 2.05) is 0 Å². The summed E-state index contributed by atoms with van der Waals surface area (Å²) < 4.78 is 18.7. The van der Waals surface area contributed by atoms with Crippen molar-refractivity contribution in [2.75, 3.05) is 6.61 Å². The average Bonchev–Trinajstić information content (AvgIpc) is 2.30. The molecule has 2 atom stereocenters. The van der Waals surface area contributed by atoms with Gasteiger partial charge in [0.05, 0.1) is 12.3 Å². The number of aliphatic hydroxyl groups excluding tert-OH is 1. The maximum Gasteiger partial charge on any atom is 0.147 e. The number of halogens is 1. The predicted octanol–water partition coefficient (Wildman–Crippen LogP) is 1.82. The molecule has 0 radical (unpaired) electrons. The number of nitrogens with zero attached hydrogens (tertiary/aromatic N) is 1. The van der Waals surface area contributed by atoms with Crippen molar-refractivity contribution < 1.29 is 14.2 Å². The van der Waals surface area contributed by atoms with Crippen LogP contribution in [-0.4, -0.2) is 22.8 Å². The van der Waals surface area contributed by atoms with Gasteiger partial charge in [-0.2, -0.15) is 0 Å². The fourth-order valence-corrected chi connectivity index (χ4v) is 1.84. The third-order valence-corrected chi connectivity index (χ3v) is 2.69. The minimum Gasteiger partial charge on any atom is -0.386 e. The summed E-state index contributed by atoms with van der Waals surface area (Å²) in [5, 5.41) is 9.93. The normalized spacial score (nSPS) is 23.7. The van der Waals surface area contributed by atoms with Crippen molar-refractivity contribution in [1.29, 1.82) is 0 Å². The lowest BCUT2D eigenvalue weighted by Crippen LogP contribution is -2.26. The van der Waals surface area contributed by atoms with Crippen molar-refractivity contribution >= 4 is 0 Å². The van der Waals surface area contributed by atoms with Gasteiger partial charge in [0.1, 0.15) is 11.9 Å². The van der Waals surface area contributed by atoms with Gasteiger partial charge in [-0.1, -0.05) is 0 Å². The van der Waals surface area contributed by atoms with E-state index in [2.05, 4.69) is 4.98 Å². The van der Waals surface area contributed by atoms with Gasteiger partial charge in [0, 0.05) is 18.4 Å². The van der Waals surface area contributed by atoms with Gasteiger partial charge in [-0.25, -0.2) is 4.39 Å². The minimum absolute atomic E-state index is 0.275. The molecule has 0 bridgehead atoms. The molecule has 1 aromatic heterocycles. The highest BCUT2D eigenvalue weighted by Crippen LogP contribution is 2.27. The molecule has 1 N–H and O–H groups in total. The molecule has 0 saturated carbocycles. The lowest BCUT2D eigenvalue weighted by Gasteiger charge is -2.27. The van der Waals surface area contributed by atoms with E-state index in [1.54, 1.807) is 0 Å². The SMILES string of the molecule is OC(c1ccncc1F)C1CCCCO1. The van der Waals surface area contributed by atoms with E-state index in [-0.39, 0.29) is 11.7 Å². The first-order valence-electron chi connectivity index (χ1n) is 5.18. The maximum absolute atomic E-state index is 13.3. The van der Waals surface area contributed by atoms with E-state index >= 15 is 0 Å². The Morgan fingerprint density at radius 1 is 1.53 bits per heavy atom. The molecule has 1 aromatic rings. The third-order valence-electron chi connectivity index (χ3n) is 2.69. The Kier molecular flexibility index (Phi) is 3.28. The van der Waals surface area contributed by atoms with Crippen molar-refractivity contribution in [2.45, 2.75) is 31.5 Å². The second-order valence-corrected chi connectivity index (χ2v) is 3.75. The molecule has 1 aliphatic heterocycles. The molecule has 1 saturated heterocycles. The van der Waals surface area contributed by atoms with E-state index in [9.17, 15) is 9.50 Å². The Hall–Kier alpha value is -1.00. The number of ether oxygens (including phenoxy) is 1. The van der Waals surface area contributed by atoms with Crippen molar-refractivity contribution in [3.8, 4) is 0 Å². The Labute approximate surface area is 87.9 Å². The van der Waals surface area contributed by atoms with E-state index in [4.69, 9.17) is 4.74 Å².